The number of aryl methyl sites for hydroxylation is 2. The molecular formula is C33H38Br4N10O2. The van der Waals surface area contributed by atoms with Gasteiger partial charge in [-0.05, 0) is 148 Å². The Morgan fingerprint density at radius 1 is 0.816 bits per heavy atom. The summed E-state index contributed by atoms with van der Waals surface area (Å²) < 4.78 is 8.38. The smallest absolute Gasteiger partial charge is 0.413 e. The van der Waals surface area contributed by atoms with E-state index < -0.39 is 11.7 Å². The first-order valence-corrected chi connectivity index (χ1v) is 17.5. The number of amides is 1. The number of nitrogen functional groups attached to an aromatic ring is 1. The van der Waals surface area contributed by atoms with E-state index >= 15 is 0 Å². The highest BCUT2D eigenvalue weighted by molar-refractivity contribution is 9.11. The van der Waals surface area contributed by atoms with Crippen LogP contribution >= 0.6 is 63.7 Å². The molecule has 4 aromatic heterocycles. The first-order chi connectivity index (χ1) is 22.9. The van der Waals surface area contributed by atoms with Crippen molar-refractivity contribution in [3.05, 3.63) is 101 Å². The van der Waals surface area contributed by atoms with Crippen LogP contribution in [0.1, 0.15) is 54.4 Å². The Morgan fingerprint density at radius 3 is 1.73 bits per heavy atom. The molecule has 0 saturated heterocycles. The molecule has 0 saturated carbocycles. The predicted molar refractivity (Wildman–Crippen MR) is 206 cm³/mol. The van der Waals surface area contributed by atoms with Gasteiger partial charge < -0.3 is 21.1 Å². The highest BCUT2D eigenvalue weighted by atomic mass is 79.9. The average molecular weight is 926 g/mol. The zero-order valence-corrected chi connectivity index (χ0v) is 34.5. The van der Waals surface area contributed by atoms with E-state index in [4.69, 9.17) is 26.7 Å². The van der Waals surface area contributed by atoms with Crippen LogP contribution in [0.3, 0.4) is 0 Å². The zero-order chi connectivity index (χ0) is 37.3. The van der Waals surface area contributed by atoms with Crippen molar-refractivity contribution in [2.75, 3.05) is 25.1 Å². The fourth-order valence-electron chi connectivity index (χ4n) is 3.36. The number of nitrogens with two attached hydrogens (primary N) is 2. The molecule has 4 aromatic rings. The van der Waals surface area contributed by atoms with E-state index in [-0.39, 0.29) is 5.82 Å². The Kier molecular flexibility index (Phi) is 19.1. The lowest BCUT2D eigenvalue weighted by Gasteiger charge is -2.19. The van der Waals surface area contributed by atoms with E-state index in [1.54, 1.807) is 27.0 Å². The quantitative estimate of drug-likeness (QED) is 0.179. The molecule has 0 radical (unpaired) electrons. The number of nitriles is 2. The monoisotopic (exact) mass is 922 g/mol. The van der Waals surface area contributed by atoms with Gasteiger partial charge in [0.05, 0.1) is 20.1 Å². The van der Waals surface area contributed by atoms with E-state index in [9.17, 15) is 4.79 Å². The molecular weight excluding hydrogens is 888 g/mol. The Bertz CT molecular complexity index is 1790. The lowest BCUT2D eigenvalue weighted by molar-refractivity contribution is 0.0635. The molecule has 260 valence electrons. The van der Waals surface area contributed by atoms with Gasteiger partial charge in [-0.25, -0.2) is 14.8 Å². The van der Waals surface area contributed by atoms with Crippen LogP contribution < -0.4 is 16.8 Å². The maximum Gasteiger partial charge on any atom is 0.413 e. The van der Waals surface area contributed by atoms with Crippen molar-refractivity contribution in [1.82, 2.24) is 24.8 Å². The van der Waals surface area contributed by atoms with Gasteiger partial charge in [0.1, 0.15) is 29.4 Å². The number of carbonyl (C=O) groups excluding carboxylic acids is 1. The maximum absolute atomic E-state index is 11.4. The minimum atomic E-state index is -0.601. The number of rotatable bonds is 4. The molecule has 0 aliphatic heterocycles. The van der Waals surface area contributed by atoms with Gasteiger partial charge in [0.25, 0.3) is 0 Å². The summed E-state index contributed by atoms with van der Waals surface area (Å²) in [5, 5.41) is 19.7. The molecule has 0 aliphatic rings. The number of aromatic nitrogens is 4. The largest absolute Gasteiger partial charge is 0.444 e. The number of halogens is 4. The van der Waals surface area contributed by atoms with Gasteiger partial charge >= 0.3 is 6.09 Å². The summed E-state index contributed by atoms with van der Waals surface area (Å²) in [5.41, 5.74) is 15.6. The third kappa shape index (κ3) is 17.6. The third-order valence-electron chi connectivity index (χ3n) is 5.45. The Labute approximate surface area is 321 Å². The third-order valence-corrected chi connectivity index (χ3v) is 8.14. The summed E-state index contributed by atoms with van der Waals surface area (Å²) in [6.07, 6.45) is 5.99. The summed E-state index contributed by atoms with van der Waals surface area (Å²) in [4.78, 5) is 29.6. The topological polar surface area (TPSA) is 193 Å². The average Bonchev–Trinajstić information content (AvgIpc) is 3.02. The fourth-order valence-corrected chi connectivity index (χ4v) is 4.69. The molecule has 0 atom stereocenters. The highest BCUT2D eigenvalue weighted by Gasteiger charge is 2.17. The number of pyridine rings is 4. The van der Waals surface area contributed by atoms with Gasteiger partial charge in [-0.1, -0.05) is 0 Å². The standard InChI is InChI=1S/C11H12BrN3O2.C9H13BrN2.C7H9BrN2.C6H4BrN3/c1-11(2,3)17-10(16)15-9-4-7(5-13)8(12)6-14-9;1-7-4-8(6-12(2)3)9(10)5-11-7;1-5-2-6(3-9)7(8)4-10-5;7-5-3-10-6(9)1-4(5)2-8/h4,6H,1-3H3,(H,14,15,16);4-5H,6H2,1-3H3;2,4H,3,9H2,1H3;1,3H,(H2,9,10). The molecule has 0 unspecified atom stereocenters. The molecule has 0 aliphatic carbocycles. The lowest BCUT2D eigenvalue weighted by atomic mass is 10.2. The van der Waals surface area contributed by atoms with Gasteiger partial charge in [0, 0.05) is 58.2 Å². The summed E-state index contributed by atoms with van der Waals surface area (Å²) in [5.74, 6) is 0.638. The van der Waals surface area contributed by atoms with Crippen LogP contribution in [0.15, 0.2) is 66.9 Å². The second kappa shape index (κ2) is 21.5. The van der Waals surface area contributed by atoms with Crippen molar-refractivity contribution in [1.29, 1.82) is 10.5 Å². The van der Waals surface area contributed by atoms with Crippen molar-refractivity contribution in [2.45, 2.75) is 53.3 Å². The van der Waals surface area contributed by atoms with Gasteiger partial charge in [-0.2, -0.15) is 10.5 Å². The number of ether oxygens (including phenoxy) is 1. The molecule has 49 heavy (non-hydrogen) atoms. The van der Waals surface area contributed by atoms with Crippen LogP contribution in [0.2, 0.25) is 0 Å². The molecule has 0 spiro atoms. The predicted octanol–water partition coefficient (Wildman–Crippen LogP) is 8.19. The van der Waals surface area contributed by atoms with Crippen LogP contribution in [0.25, 0.3) is 0 Å². The van der Waals surface area contributed by atoms with Gasteiger partial charge in [0.2, 0.25) is 0 Å². The van der Waals surface area contributed by atoms with Crippen LogP contribution in [0.5, 0.6) is 0 Å². The summed E-state index contributed by atoms with van der Waals surface area (Å²) in [7, 11) is 4.12. The molecule has 4 heterocycles. The van der Waals surface area contributed by atoms with Crippen LogP contribution in [0, 0.1) is 36.5 Å². The molecule has 0 aromatic carbocycles. The lowest BCUT2D eigenvalue weighted by Crippen LogP contribution is -2.27. The first-order valence-electron chi connectivity index (χ1n) is 14.3. The van der Waals surface area contributed by atoms with Crippen LogP contribution in [0.4, 0.5) is 16.4 Å². The van der Waals surface area contributed by atoms with Crippen molar-refractivity contribution < 1.29 is 9.53 Å². The highest BCUT2D eigenvalue weighted by Crippen LogP contribution is 2.19. The molecule has 1 amide bonds. The molecule has 12 nitrogen and oxygen atoms in total. The van der Waals surface area contributed by atoms with Crippen molar-refractivity contribution in [3.8, 4) is 12.1 Å². The first kappa shape index (κ1) is 43.5. The van der Waals surface area contributed by atoms with E-state index in [1.807, 2.05) is 38.2 Å². The van der Waals surface area contributed by atoms with Crippen LogP contribution in [-0.4, -0.2) is 50.6 Å². The number of nitrogens with one attached hydrogen (secondary N) is 1. The van der Waals surface area contributed by atoms with E-state index in [1.165, 1.54) is 30.1 Å². The summed E-state index contributed by atoms with van der Waals surface area (Å²) in [6, 6.07) is 11.0. The number of carbonyl (C=O) groups is 1. The maximum atomic E-state index is 11.4. The van der Waals surface area contributed by atoms with E-state index in [0.717, 1.165) is 32.4 Å². The Morgan fingerprint density at radius 2 is 1.29 bits per heavy atom. The molecule has 4 rings (SSSR count). The molecule has 0 fully saturated rings. The Hall–Kier alpha value is -3.51. The normalized spacial score (nSPS) is 10.1. The number of nitrogens with zero attached hydrogens (tertiary/aromatic N) is 7. The van der Waals surface area contributed by atoms with E-state index in [0.29, 0.717) is 32.4 Å². The van der Waals surface area contributed by atoms with Crippen molar-refractivity contribution in [3.63, 3.8) is 0 Å². The van der Waals surface area contributed by atoms with Crippen LogP contribution in [-0.2, 0) is 17.8 Å². The second-order valence-electron chi connectivity index (χ2n) is 11.3. The summed E-state index contributed by atoms with van der Waals surface area (Å²) in [6.45, 7) is 10.8. The van der Waals surface area contributed by atoms with Crippen molar-refractivity contribution in [2.24, 2.45) is 5.73 Å². The van der Waals surface area contributed by atoms with Gasteiger partial charge in [-0.3, -0.25) is 15.3 Å². The SMILES string of the molecule is CC(C)(C)OC(=O)Nc1cc(C#N)c(Br)cn1.Cc1cc(CN(C)C)c(Br)cn1.Cc1cc(CN)c(Br)cn1.N#Cc1cc(N)ncc1Br. The van der Waals surface area contributed by atoms with Gasteiger partial charge in [0.15, 0.2) is 0 Å². The molecule has 0 bridgehead atoms. The molecule has 5 N–H and O–H groups in total. The zero-order valence-electron chi connectivity index (χ0n) is 28.1. The number of anilines is 2. The van der Waals surface area contributed by atoms with Gasteiger partial charge in [-0.15, -0.1) is 0 Å². The van der Waals surface area contributed by atoms with E-state index in [2.05, 4.69) is 114 Å². The summed E-state index contributed by atoms with van der Waals surface area (Å²) >= 11 is 13.1. The number of hydrogen-bond acceptors (Lipinski definition) is 11. The fraction of sp³-hybridized carbons (Fsp3) is 0.303. The number of hydrogen-bond donors (Lipinski definition) is 3. The van der Waals surface area contributed by atoms with Crippen molar-refractivity contribution >= 4 is 81.4 Å². The minimum absolute atomic E-state index is 0.277. The second-order valence-corrected chi connectivity index (χ2v) is 14.7. The molecule has 16 heteroatoms. The minimum Gasteiger partial charge on any atom is -0.444 e. The Balaban J connectivity index is 0.000000335.